The number of hydrogen-bond acceptors (Lipinski definition) is 2. The summed E-state index contributed by atoms with van der Waals surface area (Å²) >= 11 is 6.16. The lowest BCUT2D eigenvalue weighted by molar-refractivity contribution is 0.694. The minimum absolute atomic E-state index is 0.638. The first kappa shape index (κ1) is 16.6. The van der Waals surface area contributed by atoms with Gasteiger partial charge in [-0.15, -0.1) is 0 Å². The molecule has 2 heterocycles. The first-order chi connectivity index (χ1) is 12.6. The Morgan fingerprint density at radius 2 is 1.23 bits per heavy atom. The van der Waals surface area contributed by atoms with Crippen molar-refractivity contribution < 1.29 is 0 Å². The molecule has 0 bridgehead atoms. The lowest BCUT2D eigenvalue weighted by Crippen LogP contribution is -2.32. The Bertz CT molecular complexity index is 975. The summed E-state index contributed by atoms with van der Waals surface area (Å²) in [7, 11) is 0. The van der Waals surface area contributed by atoms with Crippen LogP contribution >= 0.6 is 11.6 Å². The number of rotatable bonds is 4. The summed E-state index contributed by atoms with van der Waals surface area (Å²) < 4.78 is 0. The first-order valence-corrected chi connectivity index (χ1v) is 8.85. The van der Waals surface area contributed by atoms with Crippen LogP contribution in [0.4, 0.5) is 0 Å². The zero-order chi connectivity index (χ0) is 18.1. The van der Waals surface area contributed by atoms with Crippen molar-refractivity contribution >= 4 is 11.6 Å². The number of aromatic amines is 2. The van der Waals surface area contributed by atoms with Crippen LogP contribution in [0.3, 0.4) is 0 Å². The maximum atomic E-state index is 6.16. The van der Waals surface area contributed by atoms with E-state index in [9.17, 15) is 0 Å². The molecule has 2 aromatic heterocycles. The molecule has 4 nitrogen and oxygen atoms in total. The Hall–Kier alpha value is -2.85. The van der Waals surface area contributed by atoms with Crippen molar-refractivity contribution in [1.82, 2.24) is 19.9 Å². The molecule has 2 aromatic carbocycles. The predicted molar refractivity (Wildman–Crippen MR) is 104 cm³/mol. The molecule has 0 atom stereocenters. The third kappa shape index (κ3) is 2.63. The molecule has 0 saturated heterocycles. The Balaban J connectivity index is 2.11. The monoisotopic (exact) mass is 362 g/mol. The van der Waals surface area contributed by atoms with Gasteiger partial charge >= 0.3 is 0 Å². The van der Waals surface area contributed by atoms with E-state index in [0.717, 1.165) is 34.2 Å². The molecule has 0 aliphatic heterocycles. The number of benzene rings is 2. The summed E-state index contributed by atoms with van der Waals surface area (Å²) in [6.45, 7) is 3.91. The molecule has 0 aliphatic carbocycles. The van der Waals surface area contributed by atoms with Crippen LogP contribution in [0.25, 0.3) is 0 Å². The highest BCUT2D eigenvalue weighted by molar-refractivity contribution is 6.30. The van der Waals surface area contributed by atoms with Crippen LogP contribution in [0, 0.1) is 13.8 Å². The summed E-state index contributed by atoms with van der Waals surface area (Å²) in [6.07, 6.45) is 3.92. The van der Waals surface area contributed by atoms with E-state index in [-0.39, 0.29) is 0 Å². The fourth-order valence-electron chi connectivity index (χ4n) is 3.50. The number of H-pyrrole nitrogens is 2. The Labute approximate surface area is 157 Å². The van der Waals surface area contributed by atoms with Crippen LogP contribution in [-0.4, -0.2) is 19.9 Å². The molecule has 0 aliphatic rings. The number of aryl methyl sites for hydroxylation is 2. The molecular formula is C21H19ClN4. The van der Waals surface area contributed by atoms with Gasteiger partial charge in [-0.1, -0.05) is 54.1 Å². The second-order valence-electron chi connectivity index (χ2n) is 6.37. The summed E-state index contributed by atoms with van der Waals surface area (Å²) in [5.41, 5.74) is 3.32. The Kier molecular flexibility index (Phi) is 4.13. The fourth-order valence-corrected chi connectivity index (χ4v) is 3.62. The van der Waals surface area contributed by atoms with Gasteiger partial charge in [0, 0.05) is 17.4 Å². The van der Waals surface area contributed by atoms with Crippen molar-refractivity contribution in [1.29, 1.82) is 0 Å². The van der Waals surface area contributed by atoms with Gasteiger partial charge in [-0.2, -0.15) is 0 Å². The second-order valence-corrected chi connectivity index (χ2v) is 6.80. The normalized spacial score (nSPS) is 11.7. The summed E-state index contributed by atoms with van der Waals surface area (Å²) in [6, 6.07) is 18.2. The van der Waals surface area contributed by atoms with E-state index in [1.807, 2.05) is 68.7 Å². The third-order valence-corrected chi connectivity index (χ3v) is 4.92. The highest BCUT2D eigenvalue weighted by Crippen LogP contribution is 2.43. The fraction of sp³-hybridized carbons (Fsp3) is 0.143. The summed E-state index contributed by atoms with van der Waals surface area (Å²) in [4.78, 5) is 16.1. The van der Waals surface area contributed by atoms with Crippen molar-refractivity contribution in [3.63, 3.8) is 0 Å². The standard InChI is InChI=1S/C21H19ClN4/c1-14-23-12-19(25-14)21(16-6-4-3-5-7-16,20-13-24-15(2)26-20)17-8-10-18(22)11-9-17/h3-13H,1-2H3,(H,23,25)(H,24,26). The highest BCUT2D eigenvalue weighted by Gasteiger charge is 2.42. The Morgan fingerprint density at radius 1 is 0.731 bits per heavy atom. The number of imidazole rings is 2. The van der Waals surface area contributed by atoms with Gasteiger partial charge in [0.1, 0.15) is 17.1 Å². The molecule has 4 rings (SSSR count). The predicted octanol–water partition coefficient (Wildman–Crippen LogP) is 4.79. The molecule has 0 fully saturated rings. The van der Waals surface area contributed by atoms with Crippen LogP contribution in [0.5, 0.6) is 0 Å². The number of nitrogens with zero attached hydrogens (tertiary/aromatic N) is 2. The van der Waals surface area contributed by atoms with Crippen LogP contribution < -0.4 is 0 Å². The van der Waals surface area contributed by atoms with Crippen molar-refractivity contribution in [3.8, 4) is 0 Å². The number of nitrogens with one attached hydrogen (secondary N) is 2. The van der Waals surface area contributed by atoms with E-state index in [1.165, 1.54) is 0 Å². The minimum Gasteiger partial charge on any atom is -0.348 e. The van der Waals surface area contributed by atoms with E-state index in [0.29, 0.717) is 5.02 Å². The van der Waals surface area contributed by atoms with E-state index in [4.69, 9.17) is 21.6 Å². The van der Waals surface area contributed by atoms with Crippen molar-refractivity contribution in [2.75, 3.05) is 0 Å². The molecule has 5 heteroatoms. The van der Waals surface area contributed by atoms with Gasteiger partial charge in [-0.25, -0.2) is 9.97 Å². The average Bonchev–Trinajstić information content (AvgIpc) is 3.27. The van der Waals surface area contributed by atoms with Crippen molar-refractivity contribution in [3.05, 3.63) is 106 Å². The zero-order valence-corrected chi connectivity index (χ0v) is 15.4. The second kappa shape index (κ2) is 6.46. The maximum absolute atomic E-state index is 6.16. The molecule has 0 spiro atoms. The van der Waals surface area contributed by atoms with Crippen LogP contribution in [0.2, 0.25) is 5.02 Å². The summed E-state index contributed by atoms with van der Waals surface area (Å²) in [5.74, 6) is 1.73. The van der Waals surface area contributed by atoms with Gasteiger partial charge < -0.3 is 9.97 Å². The molecule has 2 N–H and O–H groups in total. The summed E-state index contributed by atoms with van der Waals surface area (Å²) in [5, 5.41) is 0.701. The molecule has 130 valence electrons. The van der Waals surface area contributed by atoms with Gasteiger partial charge in [0.05, 0.1) is 11.4 Å². The Morgan fingerprint density at radius 3 is 1.69 bits per heavy atom. The lowest BCUT2D eigenvalue weighted by atomic mass is 9.70. The van der Waals surface area contributed by atoms with Gasteiger partial charge in [-0.3, -0.25) is 0 Å². The maximum Gasteiger partial charge on any atom is 0.108 e. The van der Waals surface area contributed by atoms with E-state index in [1.54, 1.807) is 0 Å². The van der Waals surface area contributed by atoms with Gasteiger partial charge in [0.15, 0.2) is 0 Å². The molecule has 4 aromatic rings. The van der Waals surface area contributed by atoms with E-state index < -0.39 is 5.41 Å². The molecule has 0 amide bonds. The van der Waals surface area contributed by atoms with Crippen LogP contribution in [-0.2, 0) is 5.41 Å². The van der Waals surface area contributed by atoms with Gasteiger partial charge in [0.25, 0.3) is 0 Å². The number of aromatic nitrogens is 4. The topological polar surface area (TPSA) is 57.4 Å². The minimum atomic E-state index is -0.638. The van der Waals surface area contributed by atoms with Crippen molar-refractivity contribution in [2.24, 2.45) is 0 Å². The van der Waals surface area contributed by atoms with E-state index >= 15 is 0 Å². The van der Waals surface area contributed by atoms with Crippen LogP contribution in [0.15, 0.2) is 67.0 Å². The quantitative estimate of drug-likeness (QED) is 0.548. The third-order valence-electron chi connectivity index (χ3n) is 4.66. The first-order valence-electron chi connectivity index (χ1n) is 8.47. The zero-order valence-electron chi connectivity index (χ0n) is 14.6. The SMILES string of the molecule is Cc1nc(C(c2ccccc2)(c2ccc(Cl)cc2)c2c[nH]c(C)n2)c[nH]1. The van der Waals surface area contributed by atoms with Gasteiger partial charge in [0.2, 0.25) is 0 Å². The molecule has 0 unspecified atom stereocenters. The molecular weight excluding hydrogens is 344 g/mol. The molecule has 26 heavy (non-hydrogen) atoms. The lowest BCUT2D eigenvalue weighted by Gasteiger charge is -2.32. The largest absolute Gasteiger partial charge is 0.348 e. The number of hydrogen-bond donors (Lipinski definition) is 2. The smallest absolute Gasteiger partial charge is 0.108 e. The molecule has 0 radical (unpaired) electrons. The average molecular weight is 363 g/mol. The van der Waals surface area contributed by atoms with Gasteiger partial charge in [-0.05, 0) is 37.1 Å². The van der Waals surface area contributed by atoms with Crippen LogP contribution in [0.1, 0.15) is 34.2 Å². The van der Waals surface area contributed by atoms with Crippen molar-refractivity contribution in [2.45, 2.75) is 19.3 Å². The van der Waals surface area contributed by atoms with E-state index in [2.05, 4.69) is 22.1 Å². The molecule has 0 saturated carbocycles. The highest BCUT2D eigenvalue weighted by atomic mass is 35.5. The number of halogens is 1.